The Balaban J connectivity index is 1.32. The van der Waals surface area contributed by atoms with E-state index in [1.165, 1.54) is 25.7 Å². The summed E-state index contributed by atoms with van der Waals surface area (Å²) in [5.74, 6) is 1.73. The molecule has 1 saturated carbocycles. The second-order valence-corrected chi connectivity index (χ2v) is 8.03. The molecular formula is C20H30N6O. The van der Waals surface area contributed by atoms with Crippen molar-refractivity contribution in [2.75, 3.05) is 25.0 Å². The Hall–Kier alpha value is -2.15. The molecule has 0 spiro atoms. The van der Waals surface area contributed by atoms with Crippen LogP contribution in [0, 0.1) is 5.92 Å². The number of carbonyl (C=O) groups excluding carboxylic acids is 1. The van der Waals surface area contributed by atoms with Crippen LogP contribution in [0.5, 0.6) is 0 Å². The van der Waals surface area contributed by atoms with Crippen LogP contribution in [0.25, 0.3) is 11.0 Å². The second kappa shape index (κ2) is 8.25. The molecule has 2 aromatic heterocycles. The van der Waals surface area contributed by atoms with Crippen molar-refractivity contribution in [2.45, 2.75) is 57.5 Å². The van der Waals surface area contributed by atoms with Gasteiger partial charge in [0.25, 0.3) is 0 Å². The van der Waals surface area contributed by atoms with E-state index in [0.29, 0.717) is 18.5 Å². The van der Waals surface area contributed by atoms with Crippen LogP contribution < -0.4 is 10.6 Å². The lowest BCUT2D eigenvalue weighted by atomic mass is 9.86. The van der Waals surface area contributed by atoms with E-state index in [9.17, 15) is 4.79 Å². The van der Waals surface area contributed by atoms with Crippen LogP contribution in [0.15, 0.2) is 18.6 Å². The second-order valence-electron chi connectivity index (χ2n) is 8.03. The van der Waals surface area contributed by atoms with Crippen LogP contribution in [0.3, 0.4) is 0 Å². The van der Waals surface area contributed by atoms with E-state index in [-0.39, 0.29) is 11.9 Å². The number of piperidine rings is 1. The van der Waals surface area contributed by atoms with Gasteiger partial charge in [0, 0.05) is 31.4 Å². The summed E-state index contributed by atoms with van der Waals surface area (Å²) in [6.45, 7) is 4.34. The number of nitrogens with zero attached hydrogens (tertiary/aromatic N) is 3. The van der Waals surface area contributed by atoms with Crippen molar-refractivity contribution in [1.29, 1.82) is 0 Å². The molecule has 2 aromatic rings. The number of hydrogen-bond acceptors (Lipinski definition) is 5. The quantitative estimate of drug-likeness (QED) is 0.753. The Bertz CT molecular complexity index is 775. The van der Waals surface area contributed by atoms with Gasteiger partial charge in [-0.3, -0.25) is 4.79 Å². The van der Waals surface area contributed by atoms with E-state index in [1.807, 2.05) is 17.2 Å². The molecule has 1 aliphatic carbocycles. The van der Waals surface area contributed by atoms with Crippen molar-refractivity contribution < 1.29 is 4.79 Å². The largest absolute Gasteiger partial charge is 0.365 e. The number of amides is 1. The number of nitrogens with one attached hydrogen (secondary N) is 3. The molecule has 7 nitrogen and oxygen atoms in total. The molecule has 7 heteroatoms. The highest BCUT2D eigenvalue weighted by Crippen LogP contribution is 2.24. The van der Waals surface area contributed by atoms with Gasteiger partial charge in [-0.2, -0.15) is 0 Å². The SMILES string of the molecule is CC1CCCCC1NCC(=O)N1CCC[C@H](Nc2ncnc3[nH]ccc23)C1. The molecule has 1 aliphatic heterocycles. The molecule has 2 unspecified atom stereocenters. The van der Waals surface area contributed by atoms with Crippen LogP contribution in [-0.4, -0.2) is 57.5 Å². The Labute approximate surface area is 160 Å². The number of aromatic nitrogens is 3. The summed E-state index contributed by atoms with van der Waals surface area (Å²) in [4.78, 5) is 26.5. The molecule has 3 heterocycles. The highest BCUT2D eigenvalue weighted by Gasteiger charge is 2.26. The molecule has 3 atom stereocenters. The summed E-state index contributed by atoms with van der Waals surface area (Å²) in [6, 6.07) is 2.70. The number of likely N-dealkylation sites (tertiary alicyclic amines) is 1. The smallest absolute Gasteiger partial charge is 0.236 e. The lowest BCUT2D eigenvalue weighted by molar-refractivity contribution is -0.131. The Morgan fingerprint density at radius 3 is 3.04 bits per heavy atom. The number of aromatic amines is 1. The Morgan fingerprint density at radius 2 is 2.15 bits per heavy atom. The van der Waals surface area contributed by atoms with Crippen molar-refractivity contribution in [3.63, 3.8) is 0 Å². The average Bonchev–Trinajstić information content (AvgIpc) is 3.17. The fourth-order valence-corrected chi connectivity index (χ4v) is 4.45. The van der Waals surface area contributed by atoms with Crippen LogP contribution in [0.4, 0.5) is 5.82 Å². The first-order chi connectivity index (χ1) is 13.2. The standard InChI is InChI=1S/C20H30N6O/c1-14-5-2-3-7-17(14)22-11-18(27)26-10-4-6-15(12-26)25-20-16-8-9-21-19(16)23-13-24-20/h8-9,13-15,17,22H,2-7,10-12H2,1H3,(H2,21,23,24,25)/t14?,15-,17?/m0/s1. The van der Waals surface area contributed by atoms with Crippen LogP contribution in [0.2, 0.25) is 0 Å². The third-order valence-corrected chi connectivity index (χ3v) is 6.10. The summed E-state index contributed by atoms with van der Waals surface area (Å²) >= 11 is 0. The minimum Gasteiger partial charge on any atom is -0.365 e. The van der Waals surface area contributed by atoms with Gasteiger partial charge in [-0.05, 0) is 37.7 Å². The number of anilines is 1. The van der Waals surface area contributed by atoms with Gasteiger partial charge in [-0.1, -0.05) is 19.8 Å². The van der Waals surface area contributed by atoms with Crippen LogP contribution in [0.1, 0.15) is 45.4 Å². The lowest BCUT2D eigenvalue weighted by Crippen LogP contribution is -2.50. The van der Waals surface area contributed by atoms with Crippen molar-refractivity contribution in [3.05, 3.63) is 18.6 Å². The number of H-pyrrole nitrogens is 1. The van der Waals surface area contributed by atoms with E-state index in [4.69, 9.17) is 0 Å². The lowest BCUT2D eigenvalue weighted by Gasteiger charge is -2.35. The Morgan fingerprint density at radius 1 is 1.26 bits per heavy atom. The van der Waals surface area contributed by atoms with E-state index < -0.39 is 0 Å². The van der Waals surface area contributed by atoms with Crippen molar-refractivity contribution >= 4 is 22.8 Å². The maximum absolute atomic E-state index is 12.7. The van der Waals surface area contributed by atoms with Crippen LogP contribution in [-0.2, 0) is 4.79 Å². The minimum absolute atomic E-state index is 0.216. The van der Waals surface area contributed by atoms with E-state index in [0.717, 1.165) is 42.8 Å². The van der Waals surface area contributed by atoms with E-state index in [2.05, 4.69) is 32.5 Å². The molecule has 27 heavy (non-hydrogen) atoms. The molecule has 0 aromatic carbocycles. The molecule has 2 fully saturated rings. The maximum atomic E-state index is 12.7. The first-order valence-corrected chi connectivity index (χ1v) is 10.3. The zero-order chi connectivity index (χ0) is 18.6. The Kier molecular flexibility index (Phi) is 5.57. The summed E-state index contributed by atoms with van der Waals surface area (Å²) in [7, 11) is 0. The molecule has 1 saturated heterocycles. The van der Waals surface area contributed by atoms with Gasteiger partial charge in [-0.15, -0.1) is 0 Å². The van der Waals surface area contributed by atoms with Crippen molar-refractivity contribution in [3.8, 4) is 0 Å². The first-order valence-electron chi connectivity index (χ1n) is 10.3. The topological polar surface area (TPSA) is 85.9 Å². The normalized spacial score (nSPS) is 26.3. The zero-order valence-corrected chi connectivity index (χ0v) is 16.1. The molecular weight excluding hydrogens is 340 g/mol. The predicted octanol–water partition coefficient (Wildman–Crippen LogP) is 2.53. The number of fused-ring (bicyclic) bond motifs is 1. The third kappa shape index (κ3) is 4.24. The molecule has 4 rings (SSSR count). The number of carbonyl (C=O) groups is 1. The van der Waals surface area contributed by atoms with Gasteiger partial charge in [0.15, 0.2) is 0 Å². The molecule has 146 valence electrons. The molecule has 3 N–H and O–H groups in total. The highest BCUT2D eigenvalue weighted by molar-refractivity contribution is 5.86. The fraction of sp³-hybridized carbons (Fsp3) is 0.650. The summed E-state index contributed by atoms with van der Waals surface area (Å²) in [6.07, 6.45) is 10.6. The molecule has 1 amide bonds. The third-order valence-electron chi connectivity index (χ3n) is 6.10. The highest BCUT2D eigenvalue weighted by atomic mass is 16.2. The van der Waals surface area contributed by atoms with Gasteiger partial charge in [0.05, 0.1) is 11.9 Å². The summed E-state index contributed by atoms with van der Waals surface area (Å²) in [5, 5.41) is 8.03. The first kappa shape index (κ1) is 18.2. The summed E-state index contributed by atoms with van der Waals surface area (Å²) < 4.78 is 0. The molecule has 0 bridgehead atoms. The van der Waals surface area contributed by atoms with E-state index in [1.54, 1.807) is 6.33 Å². The van der Waals surface area contributed by atoms with Gasteiger partial charge < -0.3 is 20.5 Å². The summed E-state index contributed by atoms with van der Waals surface area (Å²) in [5.41, 5.74) is 0.835. The number of hydrogen-bond donors (Lipinski definition) is 3. The monoisotopic (exact) mass is 370 g/mol. The number of rotatable bonds is 5. The van der Waals surface area contributed by atoms with Crippen LogP contribution >= 0.6 is 0 Å². The van der Waals surface area contributed by atoms with Gasteiger partial charge in [-0.25, -0.2) is 9.97 Å². The molecule has 2 aliphatic rings. The average molecular weight is 371 g/mol. The zero-order valence-electron chi connectivity index (χ0n) is 16.1. The minimum atomic E-state index is 0.216. The van der Waals surface area contributed by atoms with Crippen molar-refractivity contribution in [1.82, 2.24) is 25.2 Å². The van der Waals surface area contributed by atoms with E-state index >= 15 is 0 Å². The van der Waals surface area contributed by atoms with Gasteiger partial charge >= 0.3 is 0 Å². The van der Waals surface area contributed by atoms with Gasteiger partial charge in [0.1, 0.15) is 17.8 Å². The fourth-order valence-electron chi connectivity index (χ4n) is 4.45. The van der Waals surface area contributed by atoms with Crippen molar-refractivity contribution in [2.24, 2.45) is 5.92 Å². The maximum Gasteiger partial charge on any atom is 0.236 e. The molecule has 0 radical (unpaired) electrons. The van der Waals surface area contributed by atoms with Gasteiger partial charge in [0.2, 0.25) is 5.91 Å². The predicted molar refractivity (Wildman–Crippen MR) is 107 cm³/mol.